The maximum atomic E-state index is 10.7. The number of benzene rings is 1. The van der Waals surface area contributed by atoms with E-state index in [9.17, 15) is 10.1 Å². The van der Waals surface area contributed by atoms with Crippen LogP contribution in [-0.2, 0) is 11.4 Å². The SMILES string of the molecule is CC(C)(C)n1c(CCl)nc2cc([N+](=O)[O-])ccc21. The summed E-state index contributed by atoms with van der Waals surface area (Å²) in [7, 11) is 0. The molecule has 0 saturated heterocycles. The smallest absolute Gasteiger partial charge is 0.271 e. The van der Waals surface area contributed by atoms with E-state index in [0.717, 1.165) is 11.3 Å². The van der Waals surface area contributed by atoms with Crippen molar-refractivity contribution in [1.82, 2.24) is 9.55 Å². The van der Waals surface area contributed by atoms with Crippen LogP contribution in [0.15, 0.2) is 18.2 Å². The summed E-state index contributed by atoms with van der Waals surface area (Å²) in [6.07, 6.45) is 0. The van der Waals surface area contributed by atoms with Crippen molar-refractivity contribution in [2.45, 2.75) is 32.2 Å². The predicted octanol–water partition coefficient (Wildman–Crippen LogP) is 3.44. The van der Waals surface area contributed by atoms with Crippen LogP contribution in [0.2, 0.25) is 0 Å². The van der Waals surface area contributed by atoms with Gasteiger partial charge in [-0.25, -0.2) is 4.98 Å². The number of hydrogen-bond acceptors (Lipinski definition) is 3. The molecule has 0 spiro atoms. The topological polar surface area (TPSA) is 61.0 Å². The van der Waals surface area contributed by atoms with E-state index in [4.69, 9.17) is 11.6 Å². The van der Waals surface area contributed by atoms with Gasteiger partial charge in [0.05, 0.1) is 21.8 Å². The average molecular weight is 268 g/mol. The normalized spacial score (nSPS) is 12.0. The van der Waals surface area contributed by atoms with Crippen LogP contribution in [0, 0.1) is 10.1 Å². The summed E-state index contributed by atoms with van der Waals surface area (Å²) in [4.78, 5) is 14.7. The molecular weight excluding hydrogens is 254 g/mol. The molecule has 0 atom stereocenters. The van der Waals surface area contributed by atoms with Gasteiger partial charge < -0.3 is 4.57 Å². The van der Waals surface area contributed by atoms with Gasteiger partial charge in [-0.05, 0) is 26.8 Å². The number of nitro benzene ring substituents is 1. The molecule has 0 amide bonds. The average Bonchev–Trinajstić information content (AvgIpc) is 2.65. The molecule has 18 heavy (non-hydrogen) atoms. The van der Waals surface area contributed by atoms with E-state index in [2.05, 4.69) is 4.98 Å². The lowest BCUT2D eigenvalue weighted by Gasteiger charge is -2.24. The number of hydrogen-bond donors (Lipinski definition) is 0. The fraction of sp³-hybridized carbons (Fsp3) is 0.417. The molecule has 2 rings (SSSR count). The van der Waals surface area contributed by atoms with Gasteiger partial charge in [-0.15, -0.1) is 11.6 Å². The van der Waals surface area contributed by atoms with E-state index in [1.54, 1.807) is 6.07 Å². The van der Waals surface area contributed by atoms with Gasteiger partial charge in [0.25, 0.3) is 5.69 Å². The molecular formula is C12H14ClN3O2. The van der Waals surface area contributed by atoms with Crippen LogP contribution < -0.4 is 0 Å². The first-order valence-corrected chi connectivity index (χ1v) is 6.10. The Morgan fingerprint density at radius 3 is 2.61 bits per heavy atom. The fourth-order valence-corrected chi connectivity index (χ4v) is 2.25. The zero-order valence-corrected chi connectivity index (χ0v) is 11.2. The van der Waals surface area contributed by atoms with Crippen molar-refractivity contribution in [1.29, 1.82) is 0 Å². The van der Waals surface area contributed by atoms with E-state index in [1.165, 1.54) is 12.1 Å². The first-order chi connectivity index (χ1) is 8.34. The molecule has 5 nitrogen and oxygen atoms in total. The zero-order valence-electron chi connectivity index (χ0n) is 10.5. The number of fused-ring (bicyclic) bond motifs is 1. The second kappa shape index (κ2) is 4.24. The van der Waals surface area contributed by atoms with Crippen LogP contribution in [0.5, 0.6) is 0 Å². The van der Waals surface area contributed by atoms with E-state index in [1.807, 2.05) is 25.3 Å². The van der Waals surface area contributed by atoms with Crippen LogP contribution in [-0.4, -0.2) is 14.5 Å². The number of alkyl halides is 1. The van der Waals surface area contributed by atoms with Crippen molar-refractivity contribution >= 4 is 28.3 Å². The number of nitro groups is 1. The van der Waals surface area contributed by atoms with Gasteiger partial charge in [0, 0.05) is 17.7 Å². The number of halogens is 1. The van der Waals surface area contributed by atoms with E-state index >= 15 is 0 Å². The molecule has 0 unspecified atom stereocenters. The number of nitrogens with zero attached hydrogens (tertiary/aromatic N) is 3. The van der Waals surface area contributed by atoms with Gasteiger partial charge in [-0.3, -0.25) is 10.1 Å². The first-order valence-electron chi connectivity index (χ1n) is 5.57. The van der Waals surface area contributed by atoms with Crippen molar-refractivity contribution in [3.05, 3.63) is 34.1 Å². The molecule has 1 aromatic carbocycles. The zero-order chi connectivity index (χ0) is 13.5. The third-order valence-electron chi connectivity index (χ3n) is 2.71. The monoisotopic (exact) mass is 267 g/mol. The maximum absolute atomic E-state index is 10.7. The first kappa shape index (κ1) is 12.8. The fourth-order valence-electron chi connectivity index (χ4n) is 2.07. The lowest BCUT2D eigenvalue weighted by molar-refractivity contribution is -0.384. The standard InChI is InChI=1S/C12H14ClN3O2/c1-12(2,3)15-10-5-4-8(16(17)18)6-9(10)14-11(15)7-13/h4-6H,7H2,1-3H3. The summed E-state index contributed by atoms with van der Waals surface area (Å²) in [5, 5.41) is 10.7. The number of imidazole rings is 1. The van der Waals surface area contributed by atoms with Crippen molar-refractivity contribution in [2.75, 3.05) is 0 Å². The Labute approximate surface area is 110 Å². The van der Waals surface area contributed by atoms with Gasteiger partial charge in [-0.1, -0.05) is 0 Å². The van der Waals surface area contributed by atoms with Gasteiger partial charge in [0.1, 0.15) is 5.82 Å². The summed E-state index contributed by atoms with van der Waals surface area (Å²) >= 11 is 5.89. The van der Waals surface area contributed by atoms with Crippen molar-refractivity contribution in [3.63, 3.8) is 0 Å². The summed E-state index contributed by atoms with van der Waals surface area (Å²) in [5.74, 6) is 0.999. The van der Waals surface area contributed by atoms with E-state index in [-0.39, 0.29) is 17.1 Å². The highest BCUT2D eigenvalue weighted by Gasteiger charge is 2.22. The molecule has 0 fully saturated rings. The van der Waals surface area contributed by atoms with Gasteiger partial charge >= 0.3 is 0 Å². The molecule has 0 radical (unpaired) electrons. The number of rotatable bonds is 2. The molecule has 1 heterocycles. The van der Waals surface area contributed by atoms with Gasteiger partial charge in [0.15, 0.2) is 0 Å². The van der Waals surface area contributed by atoms with Gasteiger partial charge in [-0.2, -0.15) is 0 Å². The lowest BCUT2D eigenvalue weighted by Crippen LogP contribution is -2.23. The molecule has 6 heteroatoms. The Morgan fingerprint density at radius 1 is 1.44 bits per heavy atom. The molecule has 0 N–H and O–H groups in total. The number of aromatic nitrogens is 2. The Balaban J connectivity index is 2.74. The minimum absolute atomic E-state index is 0.0437. The Hall–Kier alpha value is -1.62. The molecule has 0 aliphatic rings. The predicted molar refractivity (Wildman–Crippen MR) is 70.9 cm³/mol. The second-order valence-corrected chi connectivity index (χ2v) is 5.37. The van der Waals surface area contributed by atoms with Crippen LogP contribution in [0.4, 0.5) is 5.69 Å². The van der Waals surface area contributed by atoms with E-state index in [0.29, 0.717) is 5.52 Å². The molecule has 2 aromatic rings. The largest absolute Gasteiger partial charge is 0.322 e. The lowest BCUT2D eigenvalue weighted by atomic mass is 10.1. The third kappa shape index (κ3) is 2.06. The molecule has 96 valence electrons. The van der Waals surface area contributed by atoms with Gasteiger partial charge in [0.2, 0.25) is 0 Å². The van der Waals surface area contributed by atoms with Crippen LogP contribution in [0.3, 0.4) is 0 Å². The molecule has 0 aliphatic heterocycles. The van der Waals surface area contributed by atoms with Crippen molar-refractivity contribution < 1.29 is 4.92 Å². The number of non-ortho nitro benzene ring substituents is 1. The molecule has 1 aromatic heterocycles. The quantitative estimate of drug-likeness (QED) is 0.476. The van der Waals surface area contributed by atoms with Crippen molar-refractivity contribution in [3.8, 4) is 0 Å². The van der Waals surface area contributed by atoms with Crippen molar-refractivity contribution in [2.24, 2.45) is 0 Å². The Kier molecular flexibility index (Phi) is 3.02. The Morgan fingerprint density at radius 2 is 2.11 bits per heavy atom. The van der Waals surface area contributed by atoms with Crippen LogP contribution in [0.1, 0.15) is 26.6 Å². The molecule has 0 aliphatic carbocycles. The highest BCUT2D eigenvalue weighted by Crippen LogP contribution is 2.28. The van der Waals surface area contributed by atoms with Crippen LogP contribution >= 0.6 is 11.6 Å². The Bertz CT molecular complexity index is 614. The summed E-state index contributed by atoms with van der Waals surface area (Å²) < 4.78 is 2.01. The highest BCUT2D eigenvalue weighted by molar-refractivity contribution is 6.16. The summed E-state index contributed by atoms with van der Waals surface area (Å²) in [6, 6.07) is 4.69. The van der Waals surface area contributed by atoms with Crippen LogP contribution in [0.25, 0.3) is 11.0 Å². The summed E-state index contributed by atoms with van der Waals surface area (Å²) in [5.41, 5.74) is 1.34. The maximum Gasteiger partial charge on any atom is 0.271 e. The summed E-state index contributed by atoms with van der Waals surface area (Å²) in [6.45, 7) is 6.14. The molecule has 0 bridgehead atoms. The highest BCUT2D eigenvalue weighted by atomic mass is 35.5. The minimum atomic E-state index is -0.421. The second-order valence-electron chi connectivity index (χ2n) is 5.10. The third-order valence-corrected chi connectivity index (χ3v) is 2.95. The molecule has 0 saturated carbocycles. The van der Waals surface area contributed by atoms with E-state index < -0.39 is 4.92 Å². The minimum Gasteiger partial charge on any atom is -0.322 e.